The van der Waals surface area contributed by atoms with Gasteiger partial charge in [0.15, 0.2) is 5.96 Å². The van der Waals surface area contributed by atoms with Gasteiger partial charge >= 0.3 is 6.09 Å². The monoisotopic (exact) mass is 606 g/mol. The number of thiazole rings is 1. The van der Waals surface area contributed by atoms with E-state index >= 15 is 0 Å². The number of benzene rings is 2. The molecule has 41 heavy (non-hydrogen) atoms. The molecule has 0 saturated carbocycles. The van der Waals surface area contributed by atoms with Crippen LogP contribution >= 0.6 is 22.9 Å². The molecule has 1 aliphatic heterocycles. The molecule has 2 heterocycles. The Hall–Kier alpha value is -3.81. The zero-order valence-electron chi connectivity index (χ0n) is 22.6. The highest BCUT2D eigenvalue weighted by Gasteiger charge is 2.32. The van der Waals surface area contributed by atoms with E-state index in [9.17, 15) is 18.4 Å². The minimum absolute atomic E-state index is 0.323. The first-order valence-corrected chi connectivity index (χ1v) is 13.8. The van der Waals surface area contributed by atoms with E-state index in [4.69, 9.17) is 26.5 Å². The summed E-state index contributed by atoms with van der Waals surface area (Å²) in [6.45, 7) is 2.33. The van der Waals surface area contributed by atoms with Crippen molar-refractivity contribution in [2.24, 2.45) is 0 Å². The van der Waals surface area contributed by atoms with E-state index in [1.54, 1.807) is 24.4 Å². The van der Waals surface area contributed by atoms with Crippen molar-refractivity contribution in [2.75, 3.05) is 59.0 Å². The van der Waals surface area contributed by atoms with Crippen LogP contribution < -0.4 is 10.2 Å². The molecule has 3 aromatic rings. The van der Waals surface area contributed by atoms with Crippen molar-refractivity contribution in [1.29, 1.82) is 5.41 Å². The van der Waals surface area contributed by atoms with Gasteiger partial charge < -0.3 is 24.6 Å². The van der Waals surface area contributed by atoms with Crippen molar-refractivity contribution in [3.63, 3.8) is 0 Å². The van der Waals surface area contributed by atoms with Gasteiger partial charge in [-0.25, -0.2) is 18.6 Å². The van der Waals surface area contributed by atoms with Gasteiger partial charge in [0.25, 0.3) is 5.91 Å². The summed E-state index contributed by atoms with van der Waals surface area (Å²) in [6, 6.07) is 6.27. The zero-order chi connectivity index (χ0) is 29.7. The fourth-order valence-corrected chi connectivity index (χ4v) is 5.43. The highest BCUT2D eigenvalue weighted by molar-refractivity contribution is 7.19. The molecule has 1 atom stereocenters. The molecule has 1 aromatic heterocycles. The van der Waals surface area contributed by atoms with Gasteiger partial charge in [-0.05, 0) is 29.8 Å². The third-order valence-electron chi connectivity index (χ3n) is 6.27. The molecule has 10 nitrogen and oxygen atoms in total. The van der Waals surface area contributed by atoms with E-state index in [1.165, 1.54) is 37.4 Å². The average molecular weight is 607 g/mol. The standard InChI is InChI=1S/C27H29ClF2N6O4S/c1-32-26(31)36(25(37)17-10-18(29)13-19(30)11-17)22(15-40-27(38)34(2)3)16-4-5-21(28)20(12-16)24-33-14-23(41-24)35-6-8-39-9-7-35/h4-5,10-14,22H,6-9,15H2,1-3H3,(H2,31,32)/t22-/m1/s1. The van der Waals surface area contributed by atoms with Crippen LogP contribution in [0.3, 0.4) is 0 Å². The Bertz CT molecular complexity index is 1410. The summed E-state index contributed by atoms with van der Waals surface area (Å²) in [5.74, 6) is -3.16. The number of ether oxygens (including phenoxy) is 2. The number of morpholine rings is 1. The fraction of sp³-hybridized carbons (Fsp3) is 0.333. The van der Waals surface area contributed by atoms with Crippen LogP contribution in [0.5, 0.6) is 0 Å². The maximum absolute atomic E-state index is 14.0. The van der Waals surface area contributed by atoms with Crippen LogP contribution in [0.4, 0.5) is 18.6 Å². The molecule has 0 spiro atoms. The number of anilines is 1. The highest BCUT2D eigenvalue weighted by Crippen LogP contribution is 2.37. The van der Waals surface area contributed by atoms with Crippen molar-refractivity contribution in [2.45, 2.75) is 6.04 Å². The Morgan fingerprint density at radius 2 is 1.88 bits per heavy atom. The number of guanidine groups is 1. The largest absolute Gasteiger partial charge is 0.447 e. The number of nitrogens with zero attached hydrogens (tertiary/aromatic N) is 4. The second-order valence-corrected chi connectivity index (χ2v) is 10.7. The minimum Gasteiger partial charge on any atom is -0.447 e. The molecule has 2 aromatic carbocycles. The van der Waals surface area contributed by atoms with E-state index < -0.39 is 29.7 Å². The number of carbonyl (C=O) groups excluding carboxylic acids is 2. The molecule has 0 bridgehead atoms. The predicted octanol–water partition coefficient (Wildman–Crippen LogP) is 4.61. The van der Waals surface area contributed by atoms with Crippen LogP contribution in [0.1, 0.15) is 22.0 Å². The second-order valence-electron chi connectivity index (χ2n) is 9.26. The Kier molecular flexibility index (Phi) is 9.73. The number of amides is 2. The van der Waals surface area contributed by atoms with Gasteiger partial charge in [0.2, 0.25) is 0 Å². The number of hydrogen-bond acceptors (Lipinski definition) is 8. The Morgan fingerprint density at radius 3 is 2.51 bits per heavy atom. The molecule has 1 saturated heterocycles. The third-order valence-corrected chi connectivity index (χ3v) is 7.69. The lowest BCUT2D eigenvalue weighted by Crippen LogP contribution is -2.47. The minimum atomic E-state index is -1.08. The molecule has 2 amide bonds. The summed E-state index contributed by atoms with van der Waals surface area (Å²) in [6.07, 6.45) is 1.08. The van der Waals surface area contributed by atoms with E-state index in [2.05, 4.69) is 15.2 Å². The fourth-order valence-electron chi connectivity index (χ4n) is 4.17. The summed E-state index contributed by atoms with van der Waals surface area (Å²) in [7, 11) is 4.42. The van der Waals surface area contributed by atoms with Gasteiger partial charge in [-0.15, -0.1) is 0 Å². The van der Waals surface area contributed by atoms with Gasteiger partial charge in [0, 0.05) is 51.4 Å². The van der Waals surface area contributed by atoms with Crippen LogP contribution in [0, 0.1) is 17.0 Å². The Labute approximate surface area is 244 Å². The van der Waals surface area contributed by atoms with Gasteiger partial charge in [0.1, 0.15) is 28.3 Å². The first kappa shape index (κ1) is 30.2. The zero-order valence-corrected chi connectivity index (χ0v) is 24.2. The maximum Gasteiger partial charge on any atom is 0.409 e. The van der Waals surface area contributed by atoms with E-state index in [0.717, 1.165) is 35.1 Å². The van der Waals surface area contributed by atoms with E-state index in [0.29, 0.717) is 40.4 Å². The number of aromatic nitrogens is 1. The number of rotatable bonds is 7. The number of nitrogens with one attached hydrogen (secondary N) is 2. The Morgan fingerprint density at radius 1 is 1.20 bits per heavy atom. The first-order valence-electron chi connectivity index (χ1n) is 12.6. The lowest BCUT2D eigenvalue weighted by molar-refractivity contribution is 0.0654. The summed E-state index contributed by atoms with van der Waals surface area (Å²) in [5, 5.41) is 13.1. The van der Waals surface area contributed by atoms with Crippen LogP contribution in [-0.4, -0.2) is 86.8 Å². The summed E-state index contributed by atoms with van der Waals surface area (Å²) in [4.78, 5) is 34.9. The first-order chi connectivity index (χ1) is 19.6. The molecule has 4 rings (SSSR count). The van der Waals surface area contributed by atoms with Crippen molar-refractivity contribution in [3.05, 3.63) is 70.4 Å². The highest BCUT2D eigenvalue weighted by atomic mass is 35.5. The molecule has 14 heteroatoms. The maximum atomic E-state index is 14.0. The van der Waals surface area contributed by atoms with Gasteiger partial charge in [0.05, 0.1) is 30.5 Å². The molecule has 0 unspecified atom stereocenters. The molecule has 2 N–H and O–H groups in total. The quantitative estimate of drug-likeness (QED) is 0.298. The summed E-state index contributed by atoms with van der Waals surface area (Å²) < 4.78 is 38.9. The number of hydrogen-bond donors (Lipinski definition) is 2. The molecular weight excluding hydrogens is 578 g/mol. The van der Waals surface area contributed by atoms with Crippen molar-refractivity contribution in [3.8, 4) is 10.6 Å². The second kappa shape index (κ2) is 13.2. The van der Waals surface area contributed by atoms with Crippen LogP contribution in [0.15, 0.2) is 42.6 Å². The smallest absolute Gasteiger partial charge is 0.409 e. The topological polar surface area (TPSA) is 111 Å². The molecule has 1 aliphatic rings. The van der Waals surface area contributed by atoms with E-state index in [1.807, 2.05) is 0 Å². The van der Waals surface area contributed by atoms with Crippen molar-refractivity contribution < 1.29 is 27.8 Å². The van der Waals surface area contributed by atoms with Crippen LogP contribution in [-0.2, 0) is 9.47 Å². The molecular formula is C27H29ClF2N6O4S. The lowest BCUT2D eigenvalue weighted by Gasteiger charge is -2.32. The number of halogens is 3. The third kappa shape index (κ3) is 7.10. The summed E-state index contributed by atoms with van der Waals surface area (Å²) >= 11 is 8.02. The molecule has 0 radical (unpaired) electrons. The predicted molar refractivity (Wildman–Crippen MR) is 153 cm³/mol. The van der Waals surface area contributed by atoms with Crippen LogP contribution in [0.25, 0.3) is 10.6 Å². The lowest BCUT2D eigenvalue weighted by atomic mass is 10.0. The molecule has 218 valence electrons. The van der Waals surface area contributed by atoms with Crippen LogP contribution in [0.2, 0.25) is 5.02 Å². The Balaban J connectivity index is 1.77. The van der Waals surface area contributed by atoms with Crippen molar-refractivity contribution in [1.82, 2.24) is 20.1 Å². The van der Waals surface area contributed by atoms with Gasteiger partial charge in [-0.2, -0.15) is 0 Å². The normalized spacial score (nSPS) is 13.9. The van der Waals surface area contributed by atoms with Gasteiger partial charge in [-0.1, -0.05) is 29.0 Å². The van der Waals surface area contributed by atoms with Crippen molar-refractivity contribution >= 4 is 45.9 Å². The summed E-state index contributed by atoms with van der Waals surface area (Å²) in [5.41, 5.74) is 0.692. The van der Waals surface area contributed by atoms with Gasteiger partial charge in [-0.3, -0.25) is 15.1 Å². The number of carbonyl (C=O) groups is 2. The molecule has 1 fully saturated rings. The van der Waals surface area contributed by atoms with E-state index in [-0.39, 0.29) is 18.1 Å². The SMILES string of the molecule is CNC(=N)N(C(=O)c1cc(F)cc(F)c1)[C@H](COC(=O)N(C)C)c1ccc(Cl)c(-c2ncc(N3CCOCC3)s2)c1. The average Bonchev–Trinajstić information content (AvgIpc) is 3.45. The molecule has 0 aliphatic carbocycles.